The smallest absolute Gasteiger partial charge is 0.230 e. The third kappa shape index (κ3) is 3.45. The number of aryl methyl sites for hydroxylation is 3. The van der Waals surface area contributed by atoms with Gasteiger partial charge in [0.25, 0.3) is 0 Å². The van der Waals surface area contributed by atoms with Gasteiger partial charge in [-0.2, -0.15) is 5.10 Å². The minimum atomic E-state index is -0.201. The Bertz CT molecular complexity index is 942. The van der Waals surface area contributed by atoms with Crippen molar-refractivity contribution in [2.75, 3.05) is 5.32 Å². The number of benzene rings is 1. The quantitative estimate of drug-likeness (QED) is 0.765. The number of nitrogens with zero attached hydrogens (tertiary/aromatic N) is 2. The van der Waals surface area contributed by atoms with Crippen LogP contribution in [0.25, 0.3) is 11.0 Å². The SMILES string of the molecule is Cc1cc(NC(=O)Cc2coc3cc(C)c(C)cc23)n(C(C)(C)C)n1. The summed E-state index contributed by atoms with van der Waals surface area (Å²) in [5, 5.41) is 8.47. The zero-order chi connectivity index (χ0) is 18.4. The Morgan fingerprint density at radius 3 is 2.52 bits per heavy atom. The van der Waals surface area contributed by atoms with Gasteiger partial charge < -0.3 is 9.73 Å². The molecule has 0 radical (unpaired) electrons. The Kier molecular flexibility index (Phi) is 4.19. The molecule has 0 bridgehead atoms. The number of fused-ring (bicyclic) bond motifs is 1. The van der Waals surface area contributed by atoms with Crippen LogP contribution in [-0.2, 0) is 16.8 Å². The minimum Gasteiger partial charge on any atom is -0.464 e. The van der Waals surface area contributed by atoms with Crippen LogP contribution in [0.1, 0.15) is 43.2 Å². The fraction of sp³-hybridized carbons (Fsp3) is 0.400. The summed E-state index contributed by atoms with van der Waals surface area (Å²) in [6.45, 7) is 12.2. The van der Waals surface area contributed by atoms with Gasteiger partial charge in [0.15, 0.2) is 0 Å². The molecule has 0 saturated heterocycles. The third-order valence-electron chi connectivity index (χ3n) is 4.36. The lowest BCUT2D eigenvalue weighted by molar-refractivity contribution is -0.115. The maximum Gasteiger partial charge on any atom is 0.230 e. The van der Waals surface area contributed by atoms with E-state index in [4.69, 9.17) is 4.42 Å². The van der Waals surface area contributed by atoms with Crippen LogP contribution in [0.15, 0.2) is 28.9 Å². The number of aromatic nitrogens is 2. The second-order valence-corrected chi connectivity index (χ2v) is 7.67. The molecule has 0 fully saturated rings. The Morgan fingerprint density at radius 1 is 1.16 bits per heavy atom. The number of furan rings is 1. The normalized spacial score (nSPS) is 11.9. The molecule has 3 aromatic rings. The first-order valence-corrected chi connectivity index (χ1v) is 8.49. The summed E-state index contributed by atoms with van der Waals surface area (Å²) in [6.07, 6.45) is 1.94. The van der Waals surface area contributed by atoms with E-state index in [2.05, 4.69) is 51.1 Å². The lowest BCUT2D eigenvalue weighted by Gasteiger charge is -2.22. The fourth-order valence-corrected chi connectivity index (χ4v) is 2.93. The molecule has 0 atom stereocenters. The first kappa shape index (κ1) is 17.3. The molecule has 132 valence electrons. The summed E-state index contributed by atoms with van der Waals surface area (Å²) in [5.74, 6) is 0.640. The molecule has 0 unspecified atom stereocenters. The number of rotatable bonds is 3. The van der Waals surface area contributed by atoms with Gasteiger partial charge >= 0.3 is 0 Å². The molecule has 0 aliphatic carbocycles. The van der Waals surface area contributed by atoms with Crippen molar-refractivity contribution in [2.45, 2.75) is 53.5 Å². The van der Waals surface area contributed by atoms with Gasteiger partial charge in [0.1, 0.15) is 11.4 Å². The number of carbonyl (C=O) groups is 1. The Hall–Kier alpha value is -2.56. The van der Waals surface area contributed by atoms with E-state index in [-0.39, 0.29) is 17.9 Å². The number of anilines is 1. The van der Waals surface area contributed by atoms with E-state index < -0.39 is 0 Å². The molecule has 5 nitrogen and oxygen atoms in total. The fourth-order valence-electron chi connectivity index (χ4n) is 2.93. The summed E-state index contributed by atoms with van der Waals surface area (Å²) in [5.41, 5.74) is 4.77. The van der Waals surface area contributed by atoms with Gasteiger partial charge in [-0.05, 0) is 64.8 Å². The maximum absolute atomic E-state index is 12.6. The second-order valence-electron chi connectivity index (χ2n) is 7.67. The van der Waals surface area contributed by atoms with Crippen molar-refractivity contribution in [1.29, 1.82) is 0 Å². The predicted molar refractivity (Wildman–Crippen MR) is 100.0 cm³/mol. The summed E-state index contributed by atoms with van der Waals surface area (Å²) in [7, 11) is 0. The monoisotopic (exact) mass is 339 g/mol. The van der Waals surface area contributed by atoms with Crippen LogP contribution in [0.2, 0.25) is 0 Å². The van der Waals surface area contributed by atoms with Crippen molar-refractivity contribution in [2.24, 2.45) is 0 Å². The molecule has 0 aliphatic heterocycles. The molecule has 0 spiro atoms. The number of hydrogen-bond donors (Lipinski definition) is 1. The molecular weight excluding hydrogens is 314 g/mol. The molecular formula is C20H25N3O2. The van der Waals surface area contributed by atoms with E-state index in [0.717, 1.165) is 28.0 Å². The van der Waals surface area contributed by atoms with Gasteiger partial charge in [0.2, 0.25) is 5.91 Å². The van der Waals surface area contributed by atoms with Crippen LogP contribution >= 0.6 is 0 Å². The Morgan fingerprint density at radius 2 is 1.84 bits per heavy atom. The highest BCUT2D eigenvalue weighted by Gasteiger charge is 2.20. The van der Waals surface area contributed by atoms with E-state index in [1.807, 2.05) is 23.7 Å². The van der Waals surface area contributed by atoms with Crippen LogP contribution in [-0.4, -0.2) is 15.7 Å². The average molecular weight is 339 g/mol. The maximum atomic E-state index is 12.6. The van der Waals surface area contributed by atoms with Crippen molar-refractivity contribution in [3.05, 3.63) is 46.8 Å². The van der Waals surface area contributed by atoms with Gasteiger partial charge in [0.05, 0.1) is 23.9 Å². The van der Waals surface area contributed by atoms with E-state index in [1.54, 1.807) is 6.26 Å². The first-order chi connectivity index (χ1) is 11.6. The van der Waals surface area contributed by atoms with Crippen LogP contribution in [0.3, 0.4) is 0 Å². The van der Waals surface area contributed by atoms with Gasteiger partial charge in [0, 0.05) is 17.0 Å². The van der Waals surface area contributed by atoms with E-state index in [1.165, 1.54) is 11.1 Å². The lowest BCUT2D eigenvalue weighted by atomic mass is 10.0. The Balaban J connectivity index is 1.84. The Labute approximate surface area is 148 Å². The molecule has 1 aromatic carbocycles. The number of amides is 1. The molecule has 0 aliphatic rings. The largest absolute Gasteiger partial charge is 0.464 e. The van der Waals surface area contributed by atoms with Gasteiger partial charge in [-0.25, -0.2) is 4.68 Å². The van der Waals surface area contributed by atoms with Gasteiger partial charge in [-0.1, -0.05) is 0 Å². The van der Waals surface area contributed by atoms with Crippen molar-refractivity contribution in [3.63, 3.8) is 0 Å². The molecule has 25 heavy (non-hydrogen) atoms. The first-order valence-electron chi connectivity index (χ1n) is 8.49. The summed E-state index contributed by atoms with van der Waals surface area (Å²) in [4.78, 5) is 12.6. The van der Waals surface area contributed by atoms with Gasteiger partial charge in [-0.3, -0.25) is 4.79 Å². The highest BCUT2D eigenvalue weighted by Crippen LogP contribution is 2.26. The van der Waals surface area contributed by atoms with Crippen molar-refractivity contribution >= 4 is 22.7 Å². The molecule has 3 rings (SSSR count). The zero-order valence-corrected chi connectivity index (χ0v) is 15.7. The molecule has 2 aromatic heterocycles. The van der Waals surface area contributed by atoms with Gasteiger partial charge in [-0.15, -0.1) is 0 Å². The number of hydrogen-bond acceptors (Lipinski definition) is 3. The van der Waals surface area contributed by atoms with Crippen molar-refractivity contribution in [3.8, 4) is 0 Å². The topological polar surface area (TPSA) is 60.1 Å². The molecule has 2 heterocycles. The summed E-state index contributed by atoms with van der Waals surface area (Å²) < 4.78 is 7.47. The van der Waals surface area contributed by atoms with E-state index >= 15 is 0 Å². The summed E-state index contributed by atoms with van der Waals surface area (Å²) in [6, 6.07) is 5.99. The highest BCUT2D eigenvalue weighted by molar-refractivity contribution is 5.95. The molecule has 0 saturated carbocycles. The van der Waals surface area contributed by atoms with E-state index in [0.29, 0.717) is 0 Å². The second kappa shape index (κ2) is 6.06. The number of nitrogens with one attached hydrogen (secondary N) is 1. The van der Waals surface area contributed by atoms with Crippen LogP contribution in [0, 0.1) is 20.8 Å². The van der Waals surface area contributed by atoms with E-state index in [9.17, 15) is 4.79 Å². The summed E-state index contributed by atoms with van der Waals surface area (Å²) >= 11 is 0. The third-order valence-corrected chi connectivity index (χ3v) is 4.36. The van der Waals surface area contributed by atoms with Crippen LogP contribution in [0.5, 0.6) is 0 Å². The molecule has 5 heteroatoms. The van der Waals surface area contributed by atoms with Crippen LogP contribution in [0.4, 0.5) is 5.82 Å². The van der Waals surface area contributed by atoms with Crippen molar-refractivity contribution in [1.82, 2.24) is 9.78 Å². The standard InChI is InChI=1S/C20H25N3O2/c1-12-7-16-15(11-25-17(16)8-13(12)2)10-19(24)21-18-9-14(3)22-23(18)20(4,5)6/h7-9,11H,10H2,1-6H3,(H,21,24). The molecule has 1 amide bonds. The lowest BCUT2D eigenvalue weighted by Crippen LogP contribution is -2.27. The van der Waals surface area contributed by atoms with Crippen LogP contribution < -0.4 is 5.32 Å². The average Bonchev–Trinajstić information content (AvgIpc) is 3.04. The minimum absolute atomic E-state index is 0.0775. The number of carbonyl (C=O) groups excluding carboxylic acids is 1. The molecule has 1 N–H and O–H groups in total. The highest BCUT2D eigenvalue weighted by atomic mass is 16.3. The van der Waals surface area contributed by atoms with Crippen molar-refractivity contribution < 1.29 is 9.21 Å². The zero-order valence-electron chi connectivity index (χ0n) is 15.7. The predicted octanol–water partition coefficient (Wildman–Crippen LogP) is 4.49.